The van der Waals surface area contributed by atoms with Crippen molar-refractivity contribution in [1.82, 2.24) is 0 Å². The highest BCUT2D eigenvalue weighted by Gasteiger charge is 2.10. The quantitative estimate of drug-likeness (QED) is 0.294. The highest BCUT2D eigenvalue weighted by molar-refractivity contribution is 5.80. The van der Waals surface area contributed by atoms with Crippen LogP contribution in [0.1, 0.15) is 47.0 Å². The SMILES string of the molecule is CCCC/C=C(\C)[N+]([O-])=NC(C)C(C)=O. The molecule has 0 aliphatic rings. The third kappa shape index (κ3) is 5.99. The van der Waals surface area contributed by atoms with Crippen molar-refractivity contribution >= 4 is 5.78 Å². The van der Waals surface area contributed by atoms with Gasteiger partial charge in [0.25, 0.3) is 0 Å². The molecule has 0 saturated heterocycles. The number of nitrogens with zero attached hydrogens (tertiary/aromatic N) is 2. The molecule has 1 atom stereocenters. The van der Waals surface area contributed by atoms with Crippen LogP contribution >= 0.6 is 0 Å². The van der Waals surface area contributed by atoms with Crippen LogP contribution in [0.15, 0.2) is 16.9 Å². The minimum Gasteiger partial charge on any atom is -0.594 e. The molecular formula is C11H20N2O2. The summed E-state index contributed by atoms with van der Waals surface area (Å²) in [4.78, 5) is 11.4. The predicted molar refractivity (Wildman–Crippen MR) is 59.5 cm³/mol. The Labute approximate surface area is 91.3 Å². The van der Waals surface area contributed by atoms with E-state index in [1.165, 1.54) is 6.92 Å². The lowest BCUT2D eigenvalue weighted by Crippen LogP contribution is -2.13. The average Bonchev–Trinajstić information content (AvgIpc) is 2.17. The number of ketones is 1. The number of hydrogen-bond donors (Lipinski definition) is 0. The minimum atomic E-state index is -0.558. The lowest BCUT2D eigenvalue weighted by Gasteiger charge is -2.02. The van der Waals surface area contributed by atoms with Crippen molar-refractivity contribution in [3.05, 3.63) is 17.0 Å². The number of carbonyl (C=O) groups excluding carboxylic acids is 1. The minimum absolute atomic E-state index is 0.0998. The average molecular weight is 212 g/mol. The van der Waals surface area contributed by atoms with Gasteiger partial charge in [0.15, 0.2) is 11.8 Å². The molecule has 0 fully saturated rings. The van der Waals surface area contributed by atoms with Crippen molar-refractivity contribution < 1.29 is 9.66 Å². The Hall–Kier alpha value is -1.19. The molecule has 15 heavy (non-hydrogen) atoms. The summed E-state index contributed by atoms with van der Waals surface area (Å²) in [6.07, 6.45) is 4.90. The molecule has 0 aromatic carbocycles. The summed E-state index contributed by atoms with van der Waals surface area (Å²) in [7, 11) is 0. The summed E-state index contributed by atoms with van der Waals surface area (Å²) in [6, 6.07) is -0.558. The van der Waals surface area contributed by atoms with Gasteiger partial charge in [0, 0.05) is 6.92 Å². The zero-order chi connectivity index (χ0) is 11.8. The maximum Gasteiger partial charge on any atom is 0.214 e. The third-order valence-corrected chi connectivity index (χ3v) is 2.17. The first kappa shape index (κ1) is 13.8. The zero-order valence-corrected chi connectivity index (χ0v) is 9.99. The molecule has 0 aliphatic heterocycles. The summed E-state index contributed by atoms with van der Waals surface area (Å²) < 4.78 is 0. The van der Waals surface area contributed by atoms with Crippen molar-refractivity contribution in [1.29, 1.82) is 0 Å². The van der Waals surface area contributed by atoms with Gasteiger partial charge in [-0.2, -0.15) is 0 Å². The van der Waals surface area contributed by atoms with E-state index in [0.717, 1.165) is 19.3 Å². The lowest BCUT2D eigenvalue weighted by molar-refractivity contribution is -0.481. The van der Waals surface area contributed by atoms with Gasteiger partial charge in [-0.1, -0.05) is 18.2 Å². The maximum atomic E-state index is 11.4. The molecule has 0 aromatic heterocycles. The largest absolute Gasteiger partial charge is 0.594 e. The Balaban J connectivity index is 4.35. The monoisotopic (exact) mass is 212 g/mol. The summed E-state index contributed by atoms with van der Waals surface area (Å²) >= 11 is 0. The normalized spacial score (nSPS) is 15.2. The fraction of sp³-hybridized carbons (Fsp3) is 0.727. The summed E-state index contributed by atoms with van der Waals surface area (Å²) in [5.41, 5.74) is 0.552. The van der Waals surface area contributed by atoms with Gasteiger partial charge in [-0.3, -0.25) is 4.79 Å². The number of carbonyl (C=O) groups is 1. The predicted octanol–water partition coefficient (Wildman–Crippen LogP) is 3.02. The number of hydroxylamine groups is 1. The Morgan fingerprint density at radius 3 is 2.60 bits per heavy atom. The van der Waals surface area contributed by atoms with Crippen LogP contribution in [-0.4, -0.2) is 16.7 Å². The van der Waals surface area contributed by atoms with Gasteiger partial charge >= 0.3 is 0 Å². The van der Waals surface area contributed by atoms with E-state index in [2.05, 4.69) is 12.0 Å². The van der Waals surface area contributed by atoms with Gasteiger partial charge in [0.1, 0.15) is 0 Å². The second-order valence-corrected chi connectivity index (χ2v) is 3.66. The van der Waals surface area contributed by atoms with Gasteiger partial charge in [0.05, 0.1) is 0 Å². The van der Waals surface area contributed by atoms with Crippen molar-refractivity contribution in [3.63, 3.8) is 0 Å². The summed E-state index contributed by atoms with van der Waals surface area (Å²) in [5.74, 6) is -0.0998. The number of allylic oxidation sites excluding steroid dienone is 2. The number of unbranched alkanes of at least 4 members (excludes halogenated alkanes) is 2. The molecule has 1 unspecified atom stereocenters. The van der Waals surface area contributed by atoms with E-state index in [4.69, 9.17) is 0 Å². The van der Waals surface area contributed by atoms with Crippen LogP contribution in [0.4, 0.5) is 0 Å². The number of azo groups is 1. The standard InChI is InChI=1S/C11H20N2O2/c1-5-6-7-8-9(2)13(15)12-10(3)11(4)14/h8,10H,5-7H2,1-4H3/b9-8+,13-12?. The second kappa shape index (κ2) is 7.15. The number of Topliss-reactive ketones (excluding diaryl/α,β-unsaturated/α-hetero) is 1. The first-order chi connectivity index (χ1) is 6.99. The number of rotatable bonds is 6. The Morgan fingerprint density at radius 1 is 1.53 bits per heavy atom. The first-order valence-electron chi connectivity index (χ1n) is 5.34. The fourth-order valence-electron chi connectivity index (χ4n) is 0.923. The van der Waals surface area contributed by atoms with Gasteiger partial charge in [-0.15, -0.1) is 0 Å². The smallest absolute Gasteiger partial charge is 0.214 e. The van der Waals surface area contributed by atoms with Crippen LogP contribution < -0.4 is 0 Å². The highest BCUT2D eigenvalue weighted by atomic mass is 16.5. The van der Waals surface area contributed by atoms with Crippen molar-refractivity contribution in [3.8, 4) is 0 Å². The maximum absolute atomic E-state index is 11.4. The van der Waals surface area contributed by atoms with E-state index >= 15 is 0 Å². The fourth-order valence-corrected chi connectivity index (χ4v) is 0.923. The molecule has 0 heterocycles. The number of hydrogen-bond acceptors (Lipinski definition) is 3. The van der Waals surface area contributed by atoms with Gasteiger partial charge in [-0.05, 0) is 37.9 Å². The molecule has 4 nitrogen and oxygen atoms in total. The molecule has 86 valence electrons. The molecular weight excluding hydrogens is 192 g/mol. The first-order valence-corrected chi connectivity index (χ1v) is 5.34. The van der Waals surface area contributed by atoms with Crippen LogP contribution in [0.5, 0.6) is 0 Å². The van der Waals surface area contributed by atoms with Gasteiger partial charge in [-0.25, -0.2) is 0 Å². The van der Waals surface area contributed by atoms with E-state index in [0.29, 0.717) is 10.6 Å². The third-order valence-electron chi connectivity index (χ3n) is 2.17. The molecule has 0 aliphatic carbocycles. The molecule has 4 heteroatoms. The zero-order valence-electron chi connectivity index (χ0n) is 9.99. The van der Waals surface area contributed by atoms with Gasteiger partial charge in [0.2, 0.25) is 5.70 Å². The summed E-state index contributed by atoms with van der Waals surface area (Å²) in [6.45, 7) is 6.85. The molecule has 0 spiro atoms. The molecule has 0 radical (unpaired) electrons. The van der Waals surface area contributed by atoms with Crippen LogP contribution in [0, 0.1) is 5.21 Å². The van der Waals surface area contributed by atoms with E-state index in [1.54, 1.807) is 13.8 Å². The Bertz CT molecular complexity index is 270. The van der Waals surface area contributed by atoms with Crippen molar-refractivity contribution in [2.45, 2.75) is 53.0 Å². The van der Waals surface area contributed by atoms with E-state index in [9.17, 15) is 10.0 Å². The van der Waals surface area contributed by atoms with Crippen LogP contribution in [0.2, 0.25) is 0 Å². The van der Waals surface area contributed by atoms with E-state index < -0.39 is 6.04 Å². The highest BCUT2D eigenvalue weighted by Crippen LogP contribution is 2.03. The molecule has 0 bridgehead atoms. The van der Waals surface area contributed by atoms with Crippen LogP contribution in [-0.2, 0) is 4.79 Å². The van der Waals surface area contributed by atoms with E-state index in [-0.39, 0.29) is 5.78 Å². The molecule has 0 saturated carbocycles. The Kier molecular flexibility index (Phi) is 6.58. The summed E-state index contributed by atoms with van der Waals surface area (Å²) in [5, 5.41) is 15.1. The van der Waals surface area contributed by atoms with Crippen LogP contribution in [0.25, 0.3) is 0 Å². The van der Waals surface area contributed by atoms with E-state index in [1.807, 2.05) is 6.08 Å². The van der Waals surface area contributed by atoms with Crippen molar-refractivity contribution in [2.24, 2.45) is 5.11 Å². The molecule has 0 aromatic rings. The Morgan fingerprint density at radius 2 is 2.13 bits per heavy atom. The molecule has 0 N–H and O–H groups in total. The topological polar surface area (TPSA) is 55.5 Å². The van der Waals surface area contributed by atoms with Crippen LogP contribution in [0.3, 0.4) is 0 Å². The molecule has 0 rings (SSSR count). The molecule has 0 amide bonds. The lowest BCUT2D eigenvalue weighted by atomic mass is 10.2. The second-order valence-electron chi connectivity index (χ2n) is 3.66. The van der Waals surface area contributed by atoms with Crippen molar-refractivity contribution in [2.75, 3.05) is 0 Å². The van der Waals surface area contributed by atoms with Gasteiger partial charge < -0.3 is 5.21 Å².